The fourth-order valence-corrected chi connectivity index (χ4v) is 3.75. The number of halogens is 2. The van der Waals surface area contributed by atoms with E-state index in [1.807, 2.05) is 0 Å². The number of hydrogen-bond donors (Lipinski definition) is 2. The van der Waals surface area contributed by atoms with Crippen LogP contribution in [0.25, 0.3) is 0 Å². The summed E-state index contributed by atoms with van der Waals surface area (Å²) in [6.07, 6.45) is 0. The van der Waals surface area contributed by atoms with Gasteiger partial charge in [0.1, 0.15) is 0 Å². The van der Waals surface area contributed by atoms with Gasteiger partial charge in [0.25, 0.3) is 0 Å². The summed E-state index contributed by atoms with van der Waals surface area (Å²) in [6.45, 7) is 0.0854. The zero-order valence-electron chi connectivity index (χ0n) is 14.3. The van der Waals surface area contributed by atoms with Crippen molar-refractivity contribution in [3.05, 3.63) is 58.1 Å². The second-order valence-electron chi connectivity index (χ2n) is 5.65. The quantitative estimate of drug-likeness (QED) is 0.728. The topological polar surface area (TPSA) is 78.5 Å². The standard InChI is InChI=1S/C17H19Cl2N3O3S/c1-22(2)26(24,25)16-6-4-3-5-12(16)10-21-17(23)11-20-15-8-7-13(18)9-14(15)19/h3-9,20H,10-11H2,1-2H3,(H,21,23). The fourth-order valence-electron chi connectivity index (χ4n) is 2.16. The molecule has 2 N–H and O–H groups in total. The van der Waals surface area contributed by atoms with Gasteiger partial charge in [-0.15, -0.1) is 0 Å². The molecule has 0 saturated carbocycles. The molecule has 0 saturated heterocycles. The number of amides is 1. The van der Waals surface area contributed by atoms with Gasteiger partial charge in [-0.2, -0.15) is 0 Å². The van der Waals surface area contributed by atoms with Crippen LogP contribution in [0.3, 0.4) is 0 Å². The van der Waals surface area contributed by atoms with Gasteiger partial charge in [0, 0.05) is 25.7 Å². The van der Waals surface area contributed by atoms with Gasteiger partial charge in [-0.3, -0.25) is 4.79 Å². The first-order valence-corrected chi connectivity index (χ1v) is 9.87. The van der Waals surface area contributed by atoms with Gasteiger partial charge in [0.05, 0.1) is 22.2 Å². The molecule has 2 aromatic carbocycles. The van der Waals surface area contributed by atoms with E-state index >= 15 is 0 Å². The minimum Gasteiger partial charge on any atom is -0.375 e. The number of rotatable bonds is 7. The van der Waals surface area contributed by atoms with Gasteiger partial charge in [-0.1, -0.05) is 41.4 Å². The Morgan fingerprint density at radius 3 is 2.46 bits per heavy atom. The summed E-state index contributed by atoms with van der Waals surface area (Å²) < 4.78 is 25.8. The molecule has 0 heterocycles. The molecule has 0 bridgehead atoms. The third-order valence-corrected chi connectivity index (χ3v) is 6.04. The predicted molar refractivity (Wildman–Crippen MR) is 104 cm³/mol. The lowest BCUT2D eigenvalue weighted by atomic mass is 10.2. The monoisotopic (exact) mass is 415 g/mol. The number of carbonyl (C=O) groups is 1. The molecule has 140 valence electrons. The van der Waals surface area contributed by atoms with Crippen LogP contribution in [-0.4, -0.2) is 39.3 Å². The molecule has 0 radical (unpaired) electrons. The first-order valence-electron chi connectivity index (χ1n) is 7.68. The average Bonchev–Trinajstić information content (AvgIpc) is 2.59. The molecular weight excluding hydrogens is 397 g/mol. The highest BCUT2D eigenvalue weighted by Gasteiger charge is 2.20. The lowest BCUT2D eigenvalue weighted by Crippen LogP contribution is -2.30. The molecule has 26 heavy (non-hydrogen) atoms. The largest absolute Gasteiger partial charge is 0.375 e. The average molecular weight is 416 g/mol. The molecule has 0 atom stereocenters. The number of carbonyl (C=O) groups excluding carboxylic acids is 1. The third-order valence-electron chi connectivity index (χ3n) is 3.58. The van der Waals surface area contributed by atoms with E-state index in [9.17, 15) is 13.2 Å². The molecule has 2 rings (SSSR count). The van der Waals surface area contributed by atoms with Crippen LogP contribution in [-0.2, 0) is 21.4 Å². The van der Waals surface area contributed by atoms with Crippen LogP contribution in [0.5, 0.6) is 0 Å². The third kappa shape index (κ3) is 5.11. The fraction of sp³-hybridized carbons (Fsp3) is 0.235. The SMILES string of the molecule is CN(C)S(=O)(=O)c1ccccc1CNC(=O)CNc1ccc(Cl)cc1Cl. The molecular formula is C17H19Cl2N3O3S. The number of benzene rings is 2. The summed E-state index contributed by atoms with van der Waals surface area (Å²) in [7, 11) is -0.658. The molecule has 0 fully saturated rings. The first-order chi connectivity index (χ1) is 12.2. The Morgan fingerprint density at radius 1 is 1.12 bits per heavy atom. The maximum atomic E-state index is 12.3. The van der Waals surface area contributed by atoms with Crippen molar-refractivity contribution in [2.75, 3.05) is 26.0 Å². The van der Waals surface area contributed by atoms with Crippen molar-refractivity contribution in [3.63, 3.8) is 0 Å². The maximum Gasteiger partial charge on any atom is 0.242 e. The van der Waals surface area contributed by atoms with Crippen molar-refractivity contribution in [2.45, 2.75) is 11.4 Å². The van der Waals surface area contributed by atoms with Crippen molar-refractivity contribution in [2.24, 2.45) is 0 Å². The van der Waals surface area contributed by atoms with Gasteiger partial charge in [-0.05, 0) is 29.8 Å². The van der Waals surface area contributed by atoms with E-state index in [1.54, 1.807) is 36.4 Å². The minimum atomic E-state index is -3.58. The Morgan fingerprint density at radius 2 is 1.81 bits per heavy atom. The highest BCUT2D eigenvalue weighted by atomic mass is 35.5. The van der Waals surface area contributed by atoms with E-state index in [2.05, 4.69) is 10.6 Å². The molecule has 0 aromatic heterocycles. The molecule has 0 spiro atoms. The lowest BCUT2D eigenvalue weighted by Gasteiger charge is -2.15. The maximum absolute atomic E-state index is 12.3. The number of anilines is 1. The lowest BCUT2D eigenvalue weighted by molar-refractivity contribution is -0.119. The predicted octanol–water partition coefficient (Wildman–Crippen LogP) is 2.97. The van der Waals surface area contributed by atoms with E-state index in [1.165, 1.54) is 20.2 Å². The van der Waals surface area contributed by atoms with Gasteiger partial charge in [0.15, 0.2) is 0 Å². The zero-order chi connectivity index (χ0) is 19.3. The van der Waals surface area contributed by atoms with Crippen LogP contribution in [0.1, 0.15) is 5.56 Å². The van der Waals surface area contributed by atoms with Crippen LogP contribution >= 0.6 is 23.2 Å². The summed E-state index contributed by atoms with van der Waals surface area (Å²) in [5.41, 5.74) is 1.10. The molecule has 0 unspecified atom stereocenters. The molecule has 6 nitrogen and oxygen atoms in total. The van der Waals surface area contributed by atoms with Gasteiger partial charge < -0.3 is 10.6 Å². The van der Waals surface area contributed by atoms with Crippen molar-refractivity contribution in [1.82, 2.24) is 9.62 Å². The smallest absolute Gasteiger partial charge is 0.242 e. The van der Waals surface area contributed by atoms with E-state index in [4.69, 9.17) is 23.2 Å². The molecule has 0 aliphatic heterocycles. The molecule has 0 aliphatic carbocycles. The highest BCUT2D eigenvalue weighted by molar-refractivity contribution is 7.89. The zero-order valence-corrected chi connectivity index (χ0v) is 16.6. The molecule has 2 aromatic rings. The normalized spacial score (nSPS) is 11.4. The highest BCUT2D eigenvalue weighted by Crippen LogP contribution is 2.25. The Labute approximate surface area is 163 Å². The van der Waals surface area contributed by atoms with Crippen molar-refractivity contribution in [1.29, 1.82) is 0 Å². The summed E-state index contributed by atoms with van der Waals surface area (Å²) in [5.74, 6) is -0.298. The van der Waals surface area contributed by atoms with Crippen LogP contribution in [0.2, 0.25) is 10.0 Å². The van der Waals surface area contributed by atoms with Gasteiger partial charge in [-0.25, -0.2) is 12.7 Å². The molecule has 9 heteroatoms. The van der Waals surface area contributed by atoms with Crippen LogP contribution in [0.15, 0.2) is 47.4 Å². The van der Waals surface area contributed by atoms with Crippen molar-refractivity contribution >= 4 is 44.8 Å². The Balaban J connectivity index is 2.00. The van der Waals surface area contributed by atoms with Crippen LogP contribution < -0.4 is 10.6 Å². The van der Waals surface area contributed by atoms with Crippen molar-refractivity contribution in [3.8, 4) is 0 Å². The van der Waals surface area contributed by atoms with Crippen molar-refractivity contribution < 1.29 is 13.2 Å². The second kappa shape index (κ2) is 8.73. The summed E-state index contributed by atoms with van der Waals surface area (Å²) in [6, 6.07) is 11.5. The van der Waals surface area contributed by atoms with E-state index in [0.29, 0.717) is 21.3 Å². The Bertz CT molecular complexity index is 902. The Kier molecular flexibility index (Phi) is 6.88. The number of nitrogens with zero attached hydrogens (tertiary/aromatic N) is 1. The summed E-state index contributed by atoms with van der Waals surface area (Å²) >= 11 is 11.9. The second-order valence-corrected chi connectivity index (χ2v) is 8.61. The van der Waals surface area contributed by atoms with E-state index in [-0.39, 0.29) is 23.9 Å². The summed E-state index contributed by atoms with van der Waals surface area (Å²) in [4.78, 5) is 12.2. The number of hydrogen-bond acceptors (Lipinski definition) is 4. The van der Waals surface area contributed by atoms with E-state index in [0.717, 1.165) is 4.31 Å². The van der Waals surface area contributed by atoms with Gasteiger partial charge >= 0.3 is 0 Å². The molecule has 1 amide bonds. The molecule has 0 aliphatic rings. The summed E-state index contributed by atoms with van der Waals surface area (Å²) in [5, 5.41) is 6.52. The minimum absolute atomic E-state index is 0.00997. The van der Waals surface area contributed by atoms with E-state index < -0.39 is 10.0 Å². The number of nitrogens with one attached hydrogen (secondary N) is 2. The van der Waals surface area contributed by atoms with Gasteiger partial charge in [0.2, 0.25) is 15.9 Å². The van der Waals surface area contributed by atoms with Crippen LogP contribution in [0.4, 0.5) is 5.69 Å². The van der Waals surface area contributed by atoms with Crippen LogP contribution in [0, 0.1) is 0 Å². The Hall–Kier alpha value is -1.80. The first kappa shape index (κ1) is 20.5. The number of sulfonamides is 1.